The topological polar surface area (TPSA) is 152 Å². The Bertz CT molecular complexity index is 1360. The molecule has 7 aliphatic carbocycles. The van der Waals surface area contributed by atoms with Crippen LogP contribution >= 0.6 is 0 Å². The van der Waals surface area contributed by atoms with Gasteiger partial charge in [-0.1, -0.05) is 55.4 Å². The Morgan fingerprint density at radius 1 is 0.597 bits per heavy atom. The lowest BCUT2D eigenvalue weighted by atomic mass is 9.76. The summed E-state index contributed by atoms with van der Waals surface area (Å²) in [5.41, 5.74) is 0. The molecular weight excluding hydrogens is 783 g/mol. The lowest BCUT2D eigenvalue weighted by Crippen LogP contribution is -2.37. The van der Waals surface area contributed by atoms with Crippen LogP contribution in [0.4, 0.5) is 0 Å². The van der Waals surface area contributed by atoms with Crippen molar-refractivity contribution in [1.82, 2.24) is 5.32 Å². The molecule has 6 bridgehead atoms. The first-order chi connectivity index (χ1) is 29.6. The minimum absolute atomic E-state index is 0.0139. The molecule has 7 saturated carbocycles. The van der Waals surface area contributed by atoms with Gasteiger partial charge in [-0.05, 0) is 185 Å². The van der Waals surface area contributed by atoms with Crippen LogP contribution in [0.1, 0.15) is 158 Å². The quantitative estimate of drug-likeness (QED) is 0.0988. The Morgan fingerprint density at radius 3 is 1.52 bits per heavy atom. The zero-order chi connectivity index (χ0) is 45.1. The van der Waals surface area contributed by atoms with E-state index in [0.29, 0.717) is 56.0 Å². The number of carbonyl (C=O) groups is 3. The number of carbonyl (C=O) groups excluding carboxylic acids is 2. The molecule has 0 aromatic heterocycles. The van der Waals surface area contributed by atoms with Gasteiger partial charge in [0.15, 0.2) is 0 Å². The van der Waals surface area contributed by atoms with E-state index in [2.05, 4.69) is 60.7 Å². The van der Waals surface area contributed by atoms with Gasteiger partial charge < -0.3 is 34.8 Å². The Labute approximate surface area is 376 Å². The summed E-state index contributed by atoms with van der Waals surface area (Å²) in [6.45, 7) is 21.0. The number of aliphatic carboxylic acids is 1. The van der Waals surface area contributed by atoms with Crippen molar-refractivity contribution >= 4 is 17.8 Å². The number of esters is 1. The normalized spacial score (nSPS) is 37.7. The minimum atomic E-state index is -0.560. The molecule has 13 atom stereocenters. The Morgan fingerprint density at radius 2 is 1.11 bits per heavy atom. The Balaban J connectivity index is 0.000000160. The monoisotopic (exact) mass is 874 g/mol. The van der Waals surface area contributed by atoms with Gasteiger partial charge in [0, 0.05) is 25.5 Å². The average molecular weight is 874 g/mol. The lowest BCUT2D eigenvalue weighted by molar-refractivity contribution is -0.193. The fourth-order valence-corrected chi connectivity index (χ4v) is 13.9. The summed E-state index contributed by atoms with van der Waals surface area (Å²) in [4.78, 5) is 35.3. The smallest absolute Gasteiger partial charge is 0.311 e. The summed E-state index contributed by atoms with van der Waals surface area (Å²) in [5.74, 6) is 11.1. The van der Waals surface area contributed by atoms with Crippen molar-refractivity contribution in [2.45, 2.75) is 164 Å². The third-order valence-electron chi connectivity index (χ3n) is 17.5. The van der Waals surface area contributed by atoms with Crippen molar-refractivity contribution in [3.63, 3.8) is 0 Å². The van der Waals surface area contributed by atoms with E-state index in [1.54, 1.807) is 0 Å². The van der Waals surface area contributed by atoms with Crippen LogP contribution in [0.5, 0.6) is 0 Å². The number of aliphatic hydroxyl groups excluding tert-OH is 2. The number of carboxylic acid groups (broad SMARTS) is 1. The van der Waals surface area contributed by atoms with Crippen LogP contribution in [0.2, 0.25) is 0 Å². The fraction of sp³-hybridized carbons (Fsp3) is 0.942. The van der Waals surface area contributed by atoms with E-state index >= 15 is 0 Å². The molecule has 0 radical (unpaired) electrons. The first-order valence-corrected chi connectivity index (χ1v) is 25.7. The lowest BCUT2D eigenvalue weighted by Gasteiger charge is -2.30. The summed E-state index contributed by atoms with van der Waals surface area (Å²) in [7, 11) is 0. The molecule has 1 heterocycles. The van der Waals surface area contributed by atoms with Gasteiger partial charge in [0.05, 0.1) is 38.3 Å². The van der Waals surface area contributed by atoms with E-state index in [1.165, 1.54) is 64.2 Å². The maximum absolute atomic E-state index is 12.3. The second-order valence-corrected chi connectivity index (χ2v) is 22.6. The molecule has 0 aromatic rings. The van der Waals surface area contributed by atoms with Crippen LogP contribution in [0, 0.1) is 107 Å². The average Bonchev–Trinajstić information content (AvgIpc) is 4.13. The van der Waals surface area contributed by atoms with Gasteiger partial charge in [0.2, 0.25) is 12.2 Å². The maximum atomic E-state index is 12.3. The van der Waals surface area contributed by atoms with Gasteiger partial charge in [-0.25, -0.2) is 0 Å². The third-order valence-corrected chi connectivity index (χ3v) is 17.5. The highest BCUT2D eigenvalue weighted by Crippen LogP contribution is 2.56. The van der Waals surface area contributed by atoms with Crippen molar-refractivity contribution in [3.8, 4) is 0 Å². The van der Waals surface area contributed by atoms with Crippen molar-refractivity contribution in [2.24, 2.45) is 107 Å². The molecular formula is C52H91NO9. The van der Waals surface area contributed by atoms with Gasteiger partial charge >= 0.3 is 11.9 Å². The number of rotatable bonds is 14. The van der Waals surface area contributed by atoms with Crippen LogP contribution in [0.25, 0.3) is 0 Å². The van der Waals surface area contributed by atoms with E-state index in [4.69, 9.17) is 29.5 Å². The minimum Gasteiger partial charge on any atom is -0.481 e. The number of fused-ring (bicyclic) bond motifs is 6. The fourth-order valence-electron chi connectivity index (χ4n) is 13.9. The number of ether oxygens (including phenoxy) is 3. The number of hydrogen-bond donors (Lipinski definition) is 4. The Hall–Kier alpha value is -1.75. The number of aliphatic hydroxyl groups is 2. The predicted molar refractivity (Wildman–Crippen MR) is 244 cm³/mol. The van der Waals surface area contributed by atoms with Crippen LogP contribution in [0.15, 0.2) is 0 Å². The highest BCUT2D eigenvalue weighted by molar-refractivity contribution is 5.79. The first kappa shape index (κ1) is 51.2. The summed E-state index contributed by atoms with van der Waals surface area (Å²) in [5, 5.41) is 29.4. The summed E-state index contributed by atoms with van der Waals surface area (Å²) in [6.07, 6.45) is 18.4. The molecule has 0 spiro atoms. The largest absolute Gasteiger partial charge is 0.481 e. The van der Waals surface area contributed by atoms with Gasteiger partial charge in [-0.2, -0.15) is 0 Å². The molecule has 1 aliphatic heterocycles. The SMILES string of the molecule is CC(C)C1CC2CC1CC2C(=O)NCCOCCO.CC(C)C1CC2CC1CC2C(=O)O.CC(C)C1CC2CC1CC2C(=O)OC1CCCCO1.CC(C)C1CCC(CO)CC1. The number of carboxylic acids is 1. The first-order valence-electron chi connectivity index (χ1n) is 25.7. The standard InChI is InChI=1S/C16H26O3.C15H27NO3.C11H18O2.C10H20O/c1-10(2)13-8-12-7-11(13)9-14(12)16(17)19-15-5-3-4-6-18-15;1-10(2)13-8-12-7-11(13)9-14(12)15(18)16-3-5-19-6-4-17;1-6(2)9-4-8-3-7(9)5-10(8)11(12)13;1-8(2)10-5-3-9(7-11)4-6-10/h10-15H,3-9H2,1-2H3;10-14,17H,3-9H2,1-2H3,(H,16,18);6-10H,3-5H2,1-2H3,(H,12,13);8-11H,3-7H2,1-2H3. The van der Waals surface area contributed by atoms with Crippen LogP contribution < -0.4 is 5.32 Å². The second-order valence-electron chi connectivity index (χ2n) is 22.6. The summed E-state index contributed by atoms with van der Waals surface area (Å²) < 4.78 is 16.2. The van der Waals surface area contributed by atoms with Gasteiger partial charge in [0.25, 0.3) is 0 Å². The van der Waals surface area contributed by atoms with Gasteiger partial charge in [-0.3, -0.25) is 14.4 Å². The van der Waals surface area contributed by atoms with E-state index < -0.39 is 5.97 Å². The van der Waals surface area contributed by atoms with Crippen LogP contribution in [-0.2, 0) is 28.6 Å². The van der Waals surface area contributed by atoms with Crippen molar-refractivity contribution < 1.29 is 43.9 Å². The zero-order valence-electron chi connectivity index (χ0n) is 40.3. The van der Waals surface area contributed by atoms with Crippen LogP contribution in [-0.4, -0.2) is 79.0 Å². The molecule has 8 rings (SSSR count). The molecule has 0 aromatic carbocycles. The predicted octanol–water partition coefficient (Wildman–Crippen LogP) is 9.63. The summed E-state index contributed by atoms with van der Waals surface area (Å²) >= 11 is 0. The Kier molecular flexibility index (Phi) is 20.4. The molecule has 8 fully saturated rings. The molecule has 358 valence electrons. The highest BCUT2D eigenvalue weighted by Gasteiger charge is 2.51. The summed E-state index contributed by atoms with van der Waals surface area (Å²) in [6, 6.07) is 0. The van der Waals surface area contributed by atoms with E-state index in [0.717, 1.165) is 104 Å². The van der Waals surface area contributed by atoms with Crippen LogP contribution in [0.3, 0.4) is 0 Å². The highest BCUT2D eigenvalue weighted by atomic mass is 16.7. The number of amides is 1. The number of hydrogen-bond acceptors (Lipinski definition) is 8. The molecule has 10 heteroatoms. The maximum Gasteiger partial charge on any atom is 0.311 e. The van der Waals surface area contributed by atoms with E-state index in [1.807, 2.05) is 0 Å². The van der Waals surface area contributed by atoms with E-state index in [9.17, 15) is 14.4 Å². The molecule has 10 nitrogen and oxygen atoms in total. The molecule has 8 aliphatic rings. The molecule has 62 heavy (non-hydrogen) atoms. The molecule has 4 N–H and O–H groups in total. The van der Waals surface area contributed by atoms with Gasteiger partial charge in [0.1, 0.15) is 0 Å². The van der Waals surface area contributed by atoms with E-state index in [-0.39, 0.29) is 42.5 Å². The number of nitrogens with one attached hydrogen (secondary N) is 1. The zero-order valence-corrected chi connectivity index (χ0v) is 40.3. The van der Waals surface area contributed by atoms with Crippen molar-refractivity contribution in [1.29, 1.82) is 0 Å². The van der Waals surface area contributed by atoms with Crippen molar-refractivity contribution in [2.75, 3.05) is 39.6 Å². The molecule has 1 amide bonds. The van der Waals surface area contributed by atoms with Crippen molar-refractivity contribution in [3.05, 3.63) is 0 Å². The molecule has 13 unspecified atom stereocenters. The third kappa shape index (κ3) is 13.9. The second kappa shape index (κ2) is 24.7. The molecule has 1 saturated heterocycles. The van der Waals surface area contributed by atoms with Gasteiger partial charge in [-0.15, -0.1) is 0 Å².